The fourth-order valence-electron chi connectivity index (χ4n) is 3.49. The smallest absolute Gasteiger partial charge is 0.251 e. The lowest BCUT2D eigenvalue weighted by Gasteiger charge is -2.10. The van der Waals surface area contributed by atoms with Crippen LogP contribution < -0.4 is 20.1 Å². The second-order valence-electron chi connectivity index (χ2n) is 7.14. The molecule has 1 aliphatic heterocycles. The number of nitrogens with one attached hydrogen (secondary N) is 2. The quantitative estimate of drug-likeness (QED) is 0.603. The Morgan fingerprint density at radius 3 is 2.68 bits per heavy atom. The lowest BCUT2D eigenvalue weighted by Crippen LogP contribution is -2.23. The molecule has 2 heterocycles. The van der Waals surface area contributed by atoms with E-state index in [-0.39, 0.29) is 18.2 Å². The van der Waals surface area contributed by atoms with Gasteiger partial charge in [-0.1, -0.05) is 23.7 Å². The van der Waals surface area contributed by atoms with Crippen LogP contribution in [0.4, 0.5) is 11.5 Å². The highest BCUT2D eigenvalue weighted by Gasteiger charge is 2.35. The second-order valence-corrected chi connectivity index (χ2v) is 7.55. The van der Waals surface area contributed by atoms with Crippen LogP contribution >= 0.6 is 11.6 Å². The third kappa shape index (κ3) is 3.94. The SMILES string of the molecule is COc1ccc(-c2cnn3c2NC(=O)C3CC(=O)Nc2ccc(C)c(Cl)c2)cc1OC. The molecule has 0 fully saturated rings. The van der Waals surface area contributed by atoms with Crippen LogP contribution in [0.25, 0.3) is 11.1 Å². The number of rotatable bonds is 6. The zero-order valence-electron chi connectivity index (χ0n) is 17.2. The molecule has 0 saturated heterocycles. The zero-order valence-corrected chi connectivity index (χ0v) is 18.0. The number of benzene rings is 2. The van der Waals surface area contributed by atoms with Crippen LogP contribution in [0.3, 0.4) is 0 Å². The number of amides is 2. The van der Waals surface area contributed by atoms with Crippen molar-refractivity contribution < 1.29 is 19.1 Å². The average molecular weight is 441 g/mol. The fourth-order valence-corrected chi connectivity index (χ4v) is 3.67. The van der Waals surface area contributed by atoms with E-state index in [0.29, 0.717) is 28.0 Å². The fraction of sp³-hybridized carbons (Fsp3) is 0.227. The van der Waals surface area contributed by atoms with Crippen LogP contribution in [0.5, 0.6) is 11.5 Å². The van der Waals surface area contributed by atoms with E-state index in [1.165, 1.54) is 4.68 Å². The molecule has 0 spiro atoms. The molecule has 9 heteroatoms. The van der Waals surface area contributed by atoms with Gasteiger partial charge < -0.3 is 20.1 Å². The molecule has 0 radical (unpaired) electrons. The second kappa shape index (κ2) is 8.31. The van der Waals surface area contributed by atoms with Crippen molar-refractivity contribution in [2.75, 3.05) is 24.9 Å². The molecule has 0 bridgehead atoms. The van der Waals surface area contributed by atoms with E-state index in [2.05, 4.69) is 15.7 Å². The predicted molar refractivity (Wildman–Crippen MR) is 118 cm³/mol. The van der Waals surface area contributed by atoms with Crippen LogP contribution in [-0.4, -0.2) is 35.8 Å². The molecule has 2 aromatic carbocycles. The van der Waals surface area contributed by atoms with Crippen LogP contribution in [0.2, 0.25) is 5.02 Å². The Labute approximate surface area is 184 Å². The van der Waals surface area contributed by atoms with Gasteiger partial charge in [0.1, 0.15) is 11.9 Å². The molecule has 1 aliphatic rings. The molecule has 4 rings (SSSR count). The summed E-state index contributed by atoms with van der Waals surface area (Å²) in [6, 6.07) is 9.97. The van der Waals surface area contributed by atoms with Crippen molar-refractivity contribution in [3.63, 3.8) is 0 Å². The average Bonchev–Trinajstić information content (AvgIpc) is 3.29. The molecule has 0 saturated carbocycles. The molecule has 31 heavy (non-hydrogen) atoms. The highest BCUT2D eigenvalue weighted by molar-refractivity contribution is 6.31. The first-order valence-electron chi connectivity index (χ1n) is 9.58. The summed E-state index contributed by atoms with van der Waals surface area (Å²) in [6.07, 6.45) is 1.60. The molecule has 2 N–H and O–H groups in total. The maximum atomic E-state index is 12.6. The number of hydrogen-bond acceptors (Lipinski definition) is 5. The highest BCUT2D eigenvalue weighted by Crippen LogP contribution is 2.39. The molecule has 0 aliphatic carbocycles. The van der Waals surface area contributed by atoms with E-state index in [9.17, 15) is 9.59 Å². The lowest BCUT2D eigenvalue weighted by atomic mass is 10.1. The van der Waals surface area contributed by atoms with E-state index in [1.54, 1.807) is 38.6 Å². The van der Waals surface area contributed by atoms with Crippen LogP contribution in [-0.2, 0) is 9.59 Å². The summed E-state index contributed by atoms with van der Waals surface area (Å²) in [6.45, 7) is 1.88. The number of carbonyl (C=O) groups is 2. The van der Waals surface area contributed by atoms with Crippen molar-refractivity contribution in [2.45, 2.75) is 19.4 Å². The van der Waals surface area contributed by atoms with Crippen molar-refractivity contribution >= 4 is 34.9 Å². The van der Waals surface area contributed by atoms with Gasteiger partial charge in [0, 0.05) is 16.3 Å². The van der Waals surface area contributed by atoms with Crippen molar-refractivity contribution in [3.05, 3.63) is 53.2 Å². The zero-order chi connectivity index (χ0) is 22.1. The minimum Gasteiger partial charge on any atom is -0.493 e. The van der Waals surface area contributed by atoms with Gasteiger partial charge in [0.25, 0.3) is 5.91 Å². The van der Waals surface area contributed by atoms with Gasteiger partial charge in [-0.15, -0.1) is 0 Å². The number of anilines is 2. The standard InChI is InChI=1S/C22H21ClN4O4/c1-12-4-6-14(9-16(12)23)25-20(28)10-17-22(29)26-21-15(11-24-27(17)21)13-5-7-18(30-2)19(8-13)31-3/h4-9,11,17H,10H2,1-3H3,(H,25,28)(H,26,29). The summed E-state index contributed by atoms with van der Waals surface area (Å²) in [7, 11) is 3.12. The minimum atomic E-state index is -0.746. The molecule has 1 atom stereocenters. The van der Waals surface area contributed by atoms with E-state index >= 15 is 0 Å². The Bertz CT molecular complexity index is 1170. The Hall–Kier alpha value is -3.52. The van der Waals surface area contributed by atoms with Crippen molar-refractivity contribution in [3.8, 4) is 22.6 Å². The highest BCUT2D eigenvalue weighted by atomic mass is 35.5. The topological polar surface area (TPSA) is 94.5 Å². The van der Waals surface area contributed by atoms with E-state index in [4.69, 9.17) is 21.1 Å². The number of fused-ring (bicyclic) bond motifs is 1. The lowest BCUT2D eigenvalue weighted by molar-refractivity contribution is -0.123. The molecule has 160 valence electrons. The maximum absolute atomic E-state index is 12.6. The summed E-state index contributed by atoms with van der Waals surface area (Å²) in [4.78, 5) is 25.1. The van der Waals surface area contributed by atoms with Gasteiger partial charge in [0.15, 0.2) is 11.5 Å². The van der Waals surface area contributed by atoms with Crippen molar-refractivity contribution in [1.82, 2.24) is 9.78 Å². The van der Waals surface area contributed by atoms with Crippen LogP contribution in [0, 0.1) is 6.92 Å². The summed E-state index contributed by atoms with van der Waals surface area (Å²) in [5.41, 5.74) is 3.02. The van der Waals surface area contributed by atoms with Gasteiger partial charge in [0.2, 0.25) is 5.91 Å². The van der Waals surface area contributed by atoms with Gasteiger partial charge in [-0.2, -0.15) is 5.10 Å². The normalized spacial score (nSPS) is 14.7. The monoisotopic (exact) mass is 440 g/mol. The molecule has 8 nitrogen and oxygen atoms in total. The molecule has 3 aromatic rings. The largest absolute Gasteiger partial charge is 0.493 e. The summed E-state index contributed by atoms with van der Waals surface area (Å²) >= 11 is 6.11. The molecule has 1 aromatic heterocycles. The van der Waals surface area contributed by atoms with E-state index in [0.717, 1.165) is 16.7 Å². The number of aromatic nitrogens is 2. The summed E-state index contributed by atoms with van der Waals surface area (Å²) < 4.78 is 12.2. The minimum absolute atomic E-state index is 0.0582. The van der Waals surface area contributed by atoms with Crippen molar-refractivity contribution in [1.29, 1.82) is 0 Å². The van der Waals surface area contributed by atoms with Gasteiger partial charge in [-0.3, -0.25) is 9.59 Å². The Morgan fingerprint density at radius 2 is 1.97 bits per heavy atom. The van der Waals surface area contributed by atoms with Gasteiger partial charge >= 0.3 is 0 Å². The first kappa shape index (κ1) is 20.7. The third-order valence-electron chi connectivity index (χ3n) is 5.16. The molecular weight excluding hydrogens is 420 g/mol. The van der Waals surface area contributed by atoms with Gasteiger partial charge in [0.05, 0.1) is 26.8 Å². The number of hydrogen-bond donors (Lipinski definition) is 2. The van der Waals surface area contributed by atoms with Crippen molar-refractivity contribution in [2.24, 2.45) is 0 Å². The van der Waals surface area contributed by atoms with E-state index < -0.39 is 6.04 Å². The van der Waals surface area contributed by atoms with Crippen LogP contribution in [0.1, 0.15) is 18.0 Å². The number of methoxy groups -OCH3 is 2. The maximum Gasteiger partial charge on any atom is 0.251 e. The Morgan fingerprint density at radius 1 is 1.19 bits per heavy atom. The first-order valence-corrected chi connectivity index (χ1v) is 9.96. The predicted octanol–water partition coefficient (Wildman–Crippen LogP) is 4.05. The van der Waals surface area contributed by atoms with E-state index in [1.807, 2.05) is 25.1 Å². The van der Waals surface area contributed by atoms with Gasteiger partial charge in [-0.05, 0) is 42.3 Å². The number of ether oxygens (including phenoxy) is 2. The number of aryl methyl sites for hydroxylation is 1. The third-order valence-corrected chi connectivity index (χ3v) is 5.57. The van der Waals surface area contributed by atoms with Gasteiger partial charge in [-0.25, -0.2) is 4.68 Å². The Balaban J connectivity index is 1.55. The summed E-state index contributed by atoms with van der Waals surface area (Å²) in [5.74, 6) is 1.10. The van der Waals surface area contributed by atoms with Crippen LogP contribution in [0.15, 0.2) is 42.6 Å². The Kier molecular flexibility index (Phi) is 5.56. The summed E-state index contributed by atoms with van der Waals surface area (Å²) in [5, 5.41) is 10.5. The first-order chi connectivity index (χ1) is 14.9. The molecular formula is C22H21ClN4O4. The number of halogens is 1. The molecule has 1 unspecified atom stereocenters. The number of nitrogens with zero attached hydrogens (tertiary/aromatic N) is 2. The molecule has 2 amide bonds. The number of carbonyl (C=O) groups excluding carboxylic acids is 2.